The molecule has 2 aromatic carbocycles. The molecule has 4 nitrogen and oxygen atoms in total. The number of nitrogen functional groups attached to an aromatic ring is 1. The standard InChI is InChI=1S/C16H20N2O2/c1-3-19-10-11(2)20-15-9-8-14(16(17)18)12-6-4-5-7-13(12)15/h4-9,11H,3,10H2,1-2H3,(H3,17,18). The summed E-state index contributed by atoms with van der Waals surface area (Å²) in [4.78, 5) is 0. The van der Waals surface area contributed by atoms with Crippen LogP contribution in [-0.4, -0.2) is 25.2 Å². The van der Waals surface area contributed by atoms with E-state index in [1.54, 1.807) is 0 Å². The summed E-state index contributed by atoms with van der Waals surface area (Å²) >= 11 is 0. The molecule has 0 aliphatic carbocycles. The number of amidine groups is 1. The van der Waals surface area contributed by atoms with E-state index in [9.17, 15) is 0 Å². The summed E-state index contributed by atoms with van der Waals surface area (Å²) in [6, 6.07) is 11.5. The number of benzene rings is 2. The summed E-state index contributed by atoms with van der Waals surface area (Å²) in [5.74, 6) is 0.855. The van der Waals surface area contributed by atoms with Gasteiger partial charge in [-0.1, -0.05) is 24.3 Å². The fourth-order valence-electron chi connectivity index (χ4n) is 2.14. The SMILES string of the molecule is CCOCC(C)Oc1ccc(C(=N)N)c2ccccc12. The van der Waals surface area contributed by atoms with Gasteiger partial charge in [-0.2, -0.15) is 0 Å². The molecule has 0 aromatic heterocycles. The highest BCUT2D eigenvalue weighted by molar-refractivity contribution is 6.09. The first kappa shape index (κ1) is 14.3. The molecular formula is C16H20N2O2. The zero-order chi connectivity index (χ0) is 14.5. The van der Waals surface area contributed by atoms with Crippen LogP contribution >= 0.6 is 0 Å². The van der Waals surface area contributed by atoms with Crippen molar-refractivity contribution in [2.75, 3.05) is 13.2 Å². The van der Waals surface area contributed by atoms with Gasteiger partial charge in [-0.25, -0.2) is 0 Å². The fraction of sp³-hybridized carbons (Fsp3) is 0.312. The van der Waals surface area contributed by atoms with Gasteiger partial charge >= 0.3 is 0 Å². The molecule has 0 aliphatic rings. The maximum Gasteiger partial charge on any atom is 0.127 e. The maximum absolute atomic E-state index is 7.64. The molecule has 0 heterocycles. The molecule has 0 saturated heterocycles. The lowest BCUT2D eigenvalue weighted by Crippen LogP contribution is -2.19. The van der Waals surface area contributed by atoms with Gasteiger partial charge in [0.15, 0.2) is 0 Å². The van der Waals surface area contributed by atoms with E-state index in [0.29, 0.717) is 13.2 Å². The molecule has 2 aromatic rings. The Morgan fingerprint density at radius 2 is 1.90 bits per heavy atom. The first-order chi connectivity index (χ1) is 9.63. The molecule has 0 amide bonds. The number of ether oxygens (including phenoxy) is 2. The smallest absolute Gasteiger partial charge is 0.127 e. The van der Waals surface area contributed by atoms with Crippen molar-refractivity contribution in [3.63, 3.8) is 0 Å². The van der Waals surface area contributed by atoms with Crippen LogP contribution in [0, 0.1) is 5.41 Å². The summed E-state index contributed by atoms with van der Waals surface area (Å²) in [5.41, 5.74) is 6.35. The molecule has 2 rings (SSSR count). The third kappa shape index (κ3) is 3.08. The molecule has 1 unspecified atom stereocenters. The minimum Gasteiger partial charge on any atom is -0.488 e. The molecule has 4 heteroatoms. The average Bonchev–Trinajstić information content (AvgIpc) is 2.45. The van der Waals surface area contributed by atoms with Crippen LogP contribution in [0.5, 0.6) is 5.75 Å². The molecule has 20 heavy (non-hydrogen) atoms. The fourth-order valence-corrected chi connectivity index (χ4v) is 2.14. The molecule has 3 N–H and O–H groups in total. The van der Waals surface area contributed by atoms with Crippen LogP contribution in [0.1, 0.15) is 19.4 Å². The van der Waals surface area contributed by atoms with Crippen molar-refractivity contribution in [3.8, 4) is 5.75 Å². The molecule has 0 fully saturated rings. The van der Waals surface area contributed by atoms with Crippen molar-refractivity contribution in [3.05, 3.63) is 42.0 Å². The van der Waals surface area contributed by atoms with Gasteiger partial charge < -0.3 is 15.2 Å². The quantitative estimate of drug-likeness (QED) is 0.627. The molecular weight excluding hydrogens is 252 g/mol. The molecule has 0 aliphatic heterocycles. The Balaban J connectivity index is 2.35. The molecule has 1 atom stereocenters. The summed E-state index contributed by atoms with van der Waals surface area (Å²) in [7, 11) is 0. The minimum atomic E-state index is -0.0264. The van der Waals surface area contributed by atoms with Crippen LogP contribution in [0.15, 0.2) is 36.4 Å². The van der Waals surface area contributed by atoms with E-state index in [1.807, 2.05) is 50.2 Å². The number of hydrogen-bond donors (Lipinski definition) is 2. The van der Waals surface area contributed by atoms with Gasteiger partial charge in [-0.15, -0.1) is 0 Å². The largest absolute Gasteiger partial charge is 0.488 e. The Hall–Kier alpha value is -2.07. The zero-order valence-electron chi connectivity index (χ0n) is 11.8. The lowest BCUT2D eigenvalue weighted by atomic mass is 10.0. The van der Waals surface area contributed by atoms with Crippen molar-refractivity contribution >= 4 is 16.6 Å². The van der Waals surface area contributed by atoms with E-state index in [0.717, 1.165) is 22.1 Å². The second-order valence-corrected chi connectivity index (χ2v) is 4.66. The van der Waals surface area contributed by atoms with E-state index in [4.69, 9.17) is 20.6 Å². The van der Waals surface area contributed by atoms with E-state index in [-0.39, 0.29) is 11.9 Å². The van der Waals surface area contributed by atoms with Crippen molar-refractivity contribution < 1.29 is 9.47 Å². The lowest BCUT2D eigenvalue weighted by Gasteiger charge is -2.17. The summed E-state index contributed by atoms with van der Waals surface area (Å²) in [6.07, 6.45) is -0.0264. The number of rotatable bonds is 6. The minimum absolute atomic E-state index is 0.0264. The second-order valence-electron chi connectivity index (χ2n) is 4.66. The van der Waals surface area contributed by atoms with Crippen molar-refractivity contribution in [2.45, 2.75) is 20.0 Å². The van der Waals surface area contributed by atoms with Gasteiger partial charge in [0, 0.05) is 17.6 Å². The molecule has 0 radical (unpaired) electrons. The highest BCUT2D eigenvalue weighted by Gasteiger charge is 2.11. The van der Waals surface area contributed by atoms with E-state index in [1.165, 1.54) is 0 Å². The van der Waals surface area contributed by atoms with Gasteiger partial charge in [0.1, 0.15) is 17.7 Å². The van der Waals surface area contributed by atoms with E-state index >= 15 is 0 Å². The molecule has 0 spiro atoms. The van der Waals surface area contributed by atoms with Crippen LogP contribution in [0.3, 0.4) is 0 Å². The second kappa shape index (κ2) is 6.39. The lowest BCUT2D eigenvalue weighted by molar-refractivity contribution is 0.0665. The van der Waals surface area contributed by atoms with Crippen molar-refractivity contribution in [1.82, 2.24) is 0 Å². The van der Waals surface area contributed by atoms with Gasteiger partial charge in [0.05, 0.1) is 6.61 Å². The van der Waals surface area contributed by atoms with Gasteiger partial charge in [0.25, 0.3) is 0 Å². The predicted molar refractivity (Wildman–Crippen MR) is 81.5 cm³/mol. The third-order valence-electron chi connectivity index (χ3n) is 3.06. The van der Waals surface area contributed by atoms with Crippen molar-refractivity contribution in [2.24, 2.45) is 5.73 Å². The number of fused-ring (bicyclic) bond motifs is 1. The average molecular weight is 272 g/mol. The normalized spacial score (nSPS) is 12.3. The van der Waals surface area contributed by atoms with Gasteiger partial charge in [-0.3, -0.25) is 5.41 Å². The van der Waals surface area contributed by atoms with E-state index < -0.39 is 0 Å². The van der Waals surface area contributed by atoms with E-state index in [2.05, 4.69) is 0 Å². The Morgan fingerprint density at radius 3 is 2.55 bits per heavy atom. The first-order valence-electron chi connectivity index (χ1n) is 6.74. The van der Waals surface area contributed by atoms with Crippen LogP contribution in [0.4, 0.5) is 0 Å². The van der Waals surface area contributed by atoms with Crippen LogP contribution in [0.2, 0.25) is 0 Å². The zero-order valence-corrected chi connectivity index (χ0v) is 11.8. The highest BCUT2D eigenvalue weighted by Crippen LogP contribution is 2.29. The first-order valence-corrected chi connectivity index (χ1v) is 6.74. The highest BCUT2D eigenvalue weighted by atomic mass is 16.5. The summed E-state index contributed by atoms with van der Waals surface area (Å²) in [5, 5.41) is 9.53. The van der Waals surface area contributed by atoms with Crippen molar-refractivity contribution in [1.29, 1.82) is 5.41 Å². The summed E-state index contributed by atoms with van der Waals surface area (Å²) in [6.45, 7) is 5.17. The van der Waals surface area contributed by atoms with Crippen LogP contribution in [0.25, 0.3) is 10.8 Å². The monoisotopic (exact) mass is 272 g/mol. The Morgan fingerprint density at radius 1 is 1.20 bits per heavy atom. The van der Waals surface area contributed by atoms with Crippen LogP contribution < -0.4 is 10.5 Å². The Bertz CT molecular complexity index is 610. The Kier molecular flexibility index (Phi) is 4.58. The molecule has 106 valence electrons. The predicted octanol–water partition coefficient (Wildman–Crippen LogP) is 2.93. The topological polar surface area (TPSA) is 68.3 Å². The van der Waals surface area contributed by atoms with Gasteiger partial charge in [0.2, 0.25) is 0 Å². The maximum atomic E-state index is 7.64. The third-order valence-corrected chi connectivity index (χ3v) is 3.06. The molecule has 0 bridgehead atoms. The van der Waals surface area contributed by atoms with Crippen LogP contribution in [-0.2, 0) is 4.74 Å². The summed E-state index contributed by atoms with van der Waals surface area (Å²) < 4.78 is 11.3. The Labute approximate surface area is 119 Å². The number of nitrogens with one attached hydrogen (secondary N) is 1. The van der Waals surface area contributed by atoms with Gasteiger partial charge in [-0.05, 0) is 31.4 Å². The molecule has 0 saturated carbocycles. The number of nitrogens with two attached hydrogens (primary N) is 1. The number of hydrogen-bond acceptors (Lipinski definition) is 3.